The quantitative estimate of drug-likeness (QED) is 0.664. The number of nitrogens with zero attached hydrogens (tertiary/aromatic N) is 4. The maximum atomic E-state index is 5.94. The van der Waals surface area contributed by atoms with Crippen molar-refractivity contribution in [3.05, 3.63) is 53.2 Å². The van der Waals surface area contributed by atoms with Crippen molar-refractivity contribution >= 4 is 22.8 Å². The number of pyridine rings is 2. The van der Waals surface area contributed by atoms with Gasteiger partial charge in [0.2, 0.25) is 0 Å². The Bertz CT molecular complexity index is 691. The third-order valence-corrected chi connectivity index (χ3v) is 3.01. The van der Waals surface area contributed by atoms with Crippen LogP contribution in [0.4, 0.5) is 0 Å². The molecule has 0 aliphatic carbocycles. The summed E-state index contributed by atoms with van der Waals surface area (Å²) in [6.45, 7) is 2.61. The molecule has 0 atom stereocenters. The fourth-order valence-electron chi connectivity index (χ4n) is 1.93. The Morgan fingerprint density at radius 2 is 2.06 bits per heavy atom. The lowest BCUT2D eigenvalue weighted by Crippen LogP contribution is -2.04. The maximum Gasteiger partial charge on any atom is 0.162 e. The number of fused-ring (bicyclic) bond motifs is 1. The van der Waals surface area contributed by atoms with Gasteiger partial charge in [-0.3, -0.25) is 4.98 Å². The van der Waals surface area contributed by atoms with E-state index in [0.29, 0.717) is 11.7 Å². The summed E-state index contributed by atoms with van der Waals surface area (Å²) >= 11 is 5.94. The second-order valence-corrected chi connectivity index (χ2v) is 4.43. The second-order valence-electron chi connectivity index (χ2n) is 4.04. The van der Waals surface area contributed by atoms with Gasteiger partial charge in [-0.25, -0.2) is 9.97 Å². The number of aryl methyl sites for hydroxylation is 1. The number of imidazole rings is 1. The van der Waals surface area contributed by atoms with E-state index in [9.17, 15) is 0 Å². The Balaban J connectivity index is 2.11. The molecule has 3 rings (SSSR count). The summed E-state index contributed by atoms with van der Waals surface area (Å²) in [4.78, 5) is 13.1. The Kier molecular flexibility index (Phi) is 2.72. The molecule has 90 valence electrons. The lowest BCUT2D eigenvalue weighted by molar-refractivity contribution is 0.757. The average molecular weight is 259 g/mol. The van der Waals surface area contributed by atoms with E-state index in [4.69, 9.17) is 11.6 Å². The third kappa shape index (κ3) is 1.95. The molecule has 0 fully saturated rings. The van der Waals surface area contributed by atoms with Gasteiger partial charge in [0.1, 0.15) is 16.5 Å². The first-order valence-corrected chi connectivity index (χ1v) is 6.01. The first kappa shape index (κ1) is 11.2. The van der Waals surface area contributed by atoms with Crippen LogP contribution in [0.2, 0.25) is 5.15 Å². The number of aromatic nitrogens is 4. The van der Waals surface area contributed by atoms with Gasteiger partial charge < -0.3 is 4.57 Å². The van der Waals surface area contributed by atoms with Gasteiger partial charge in [-0.2, -0.15) is 0 Å². The fraction of sp³-hybridized carbons (Fsp3) is 0.154. The number of halogens is 1. The fourth-order valence-corrected chi connectivity index (χ4v) is 2.08. The Hall–Kier alpha value is -1.94. The largest absolute Gasteiger partial charge is 0.307 e. The van der Waals surface area contributed by atoms with Crippen molar-refractivity contribution in [2.45, 2.75) is 13.5 Å². The molecule has 18 heavy (non-hydrogen) atoms. The molecular weight excluding hydrogens is 248 g/mol. The molecule has 0 aliphatic rings. The highest BCUT2D eigenvalue weighted by atomic mass is 35.5. The van der Waals surface area contributed by atoms with Crippen LogP contribution in [0.15, 0.2) is 36.5 Å². The Morgan fingerprint density at radius 3 is 2.83 bits per heavy atom. The monoisotopic (exact) mass is 258 g/mol. The topological polar surface area (TPSA) is 43.6 Å². The molecule has 3 aromatic heterocycles. The summed E-state index contributed by atoms with van der Waals surface area (Å²) in [6, 6.07) is 9.48. The molecule has 3 heterocycles. The van der Waals surface area contributed by atoms with E-state index in [1.54, 1.807) is 12.3 Å². The van der Waals surface area contributed by atoms with Gasteiger partial charge in [-0.05, 0) is 31.2 Å². The summed E-state index contributed by atoms with van der Waals surface area (Å²) in [6.07, 6.45) is 1.78. The zero-order valence-electron chi connectivity index (χ0n) is 9.84. The zero-order chi connectivity index (χ0) is 12.5. The molecule has 0 N–H and O–H groups in total. The smallest absolute Gasteiger partial charge is 0.162 e. The van der Waals surface area contributed by atoms with Crippen molar-refractivity contribution < 1.29 is 0 Å². The van der Waals surface area contributed by atoms with E-state index in [-0.39, 0.29) is 0 Å². The van der Waals surface area contributed by atoms with Crippen molar-refractivity contribution in [3.63, 3.8) is 0 Å². The van der Waals surface area contributed by atoms with Crippen LogP contribution in [0.25, 0.3) is 11.2 Å². The minimum absolute atomic E-state index is 0.477. The molecule has 0 radical (unpaired) electrons. The van der Waals surface area contributed by atoms with Gasteiger partial charge in [-0.15, -0.1) is 0 Å². The lowest BCUT2D eigenvalue weighted by Gasteiger charge is -2.05. The first-order chi connectivity index (χ1) is 8.74. The standard InChI is InChI=1S/C13H11ClN4/c1-9-16-11-5-6-12(14)17-13(11)18(9)8-10-4-2-3-7-15-10/h2-7H,8H2,1H3. The van der Waals surface area contributed by atoms with Crippen LogP contribution in [-0.4, -0.2) is 19.5 Å². The van der Waals surface area contributed by atoms with E-state index >= 15 is 0 Å². The van der Waals surface area contributed by atoms with Crippen molar-refractivity contribution in [3.8, 4) is 0 Å². The molecule has 0 aromatic carbocycles. The molecule has 0 saturated carbocycles. The third-order valence-electron chi connectivity index (χ3n) is 2.80. The van der Waals surface area contributed by atoms with Gasteiger partial charge in [0.25, 0.3) is 0 Å². The molecule has 0 saturated heterocycles. The predicted molar refractivity (Wildman–Crippen MR) is 70.6 cm³/mol. The molecular formula is C13H11ClN4. The molecule has 4 nitrogen and oxygen atoms in total. The van der Waals surface area contributed by atoms with Crippen LogP contribution in [0.5, 0.6) is 0 Å². The highest BCUT2D eigenvalue weighted by Crippen LogP contribution is 2.17. The number of rotatable bonds is 2. The maximum absolute atomic E-state index is 5.94. The molecule has 0 amide bonds. The van der Waals surface area contributed by atoms with E-state index in [0.717, 1.165) is 22.7 Å². The number of hydrogen-bond acceptors (Lipinski definition) is 3. The van der Waals surface area contributed by atoms with E-state index in [2.05, 4.69) is 15.0 Å². The van der Waals surface area contributed by atoms with Gasteiger partial charge >= 0.3 is 0 Å². The van der Waals surface area contributed by atoms with E-state index in [1.165, 1.54) is 0 Å². The molecule has 3 aromatic rings. The van der Waals surface area contributed by atoms with Crippen LogP contribution in [-0.2, 0) is 6.54 Å². The van der Waals surface area contributed by atoms with Crippen LogP contribution < -0.4 is 0 Å². The summed E-state index contributed by atoms with van der Waals surface area (Å²) in [7, 11) is 0. The molecule has 0 bridgehead atoms. The van der Waals surface area contributed by atoms with Crippen LogP contribution in [0.3, 0.4) is 0 Å². The molecule has 0 unspecified atom stereocenters. The minimum Gasteiger partial charge on any atom is -0.307 e. The summed E-state index contributed by atoms with van der Waals surface area (Å²) in [5.41, 5.74) is 2.63. The summed E-state index contributed by atoms with van der Waals surface area (Å²) in [5.74, 6) is 0.908. The Morgan fingerprint density at radius 1 is 1.17 bits per heavy atom. The van der Waals surface area contributed by atoms with E-state index in [1.807, 2.05) is 35.8 Å². The van der Waals surface area contributed by atoms with Crippen molar-refractivity contribution in [1.82, 2.24) is 19.5 Å². The molecule has 0 spiro atoms. The van der Waals surface area contributed by atoms with Gasteiger partial charge in [-0.1, -0.05) is 17.7 Å². The van der Waals surface area contributed by atoms with Crippen LogP contribution in [0, 0.1) is 6.92 Å². The van der Waals surface area contributed by atoms with Gasteiger partial charge in [0.05, 0.1) is 12.2 Å². The molecule has 5 heteroatoms. The van der Waals surface area contributed by atoms with Crippen LogP contribution in [0.1, 0.15) is 11.5 Å². The van der Waals surface area contributed by atoms with Crippen molar-refractivity contribution in [1.29, 1.82) is 0 Å². The highest BCUT2D eigenvalue weighted by molar-refractivity contribution is 6.29. The van der Waals surface area contributed by atoms with Crippen LogP contribution >= 0.6 is 11.6 Å². The van der Waals surface area contributed by atoms with Gasteiger partial charge in [0, 0.05) is 6.20 Å². The van der Waals surface area contributed by atoms with Crippen molar-refractivity contribution in [2.24, 2.45) is 0 Å². The molecule has 0 aliphatic heterocycles. The highest BCUT2D eigenvalue weighted by Gasteiger charge is 2.09. The first-order valence-electron chi connectivity index (χ1n) is 5.63. The summed E-state index contributed by atoms with van der Waals surface area (Å²) < 4.78 is 2.02. The van der Waals surface area contributed by atoms with Crippen molar-refractivity contribution in [2.75, 3.05) is 0 Å². The second kappa shape index (κ2) is 4.38. The average Bonchev–Trinajstić information content (AvgIpc) is 2.67. The SMILES string of the molecule is Cc1nc2ccc(Cl)nc2n1Cc1ccccn1. The number of hydrogen-bond donors (Lipinski definition) is 0. The Labute approximate surface area is 109 Å². The normalized spacial score (nSPS) is 11.0. The minimum atomic E-state index is 0.477. The van der Waals surface area contributed by atoms with E-state index < -0.39 is 0 Å². The van der Waals surface area contributed by atoms with Gasteiger partial charge in [0.15, 0.2) is 5.65 Å². The lowest BCUT2D eigenvalue weighted by atomic mass is 10.3. The zero-order valence-corrected chi connectivity index (χ0v) is 10.6. The predicted octanol–water partition coefficient (Wildman–Crippen LogP) is 2.84. The summed E-state index contributed by atoms with van der Waals surface area (Å²) in [5, 5.41) is 0.477.